The minimum Gasteiger partial charge on any atom is -0.395 e. The molecule has 60 valence electrons. The van der Waals surface area contributed by atoms with Crippen LogP contribution in [-0.2, 0) is 0 Å². The van der Waals surface area contributed by atoms with E-state index in [0.29, 0.717) is 6.04 Å². The number of aliphatic hydroxyl groups excluding tert-OH is 1. The molecule has 0 radical (unpaired) electrons. The molecule has 0 amide bonds. The average molecular weight is 144 g/mol. The molecule has 0 aromatic carbocycles. The van der Waals surface area contributed by atoms with E-state index in [0.717, 1.165) is 26.2 Å². The summed E-state index contributed by atoms with van der Waals surface area (Å²) in [6.45, 7) is 6.53. The summed E-state index contributed by atoms with van der Waals surface area (Å²) >= 11 is 0. The van der Waals surface area contributed by atoms with Gasteiger partial charge in [-0.1, -0.05) is 6.92 Å². The number of nitrogens with one attached hydrogen (secondary N) is 1. The number of likely N-dealkylation sites (N-methyl/N-ethyl adjacent to an activating group) is 1. The van der Waals surface area contributed by atoms with E-state index < -0.39 is 0 Å². The molecule has 1 atom stereocenters. The highest BCUT2D eigenvalue weighted by molar-refractivity contribution is 4.77. The summed E-state index contributed by atoms with van der Waals surface area (Å²) in [5.41, 5.74) is 0. The first kappa shape index (κ1) is 7.98. The predicted molar refractivity (Wildman–Crippen MR) is 41.0 cm³/mol. The van der Waals surface area contributed by atoms with Gasteiger partial charge in [-0.25, -0.2) is 0 Å². The molecule has 2 N–H and O–H groups in total. The highest BCUT2D eigenvalue weighted by atomic mass is 16.3. The van der Waals surface area contributed by atoms with Gasteiger partial charge in [-0.3, -0.25) is 4.90 Å². The van der Waals surface area contributed by atoms with Crippen molar-refractivity contribution in [2.75, 3.05) is 32.8 Å². The lowest BCUT2D eigenvalue weighted by molar-refractivity contribution is 0.106. The van der Waals surface area contributed by atoms with Crippen molar-refractivity contribution in [3.63, 3.8) is 0 Å². The summed E-state index contributed by atoms with van der Waals surface area (Å²) in [6, 6.07) is 0.346. The molecule has 1 unspecified atom stereocenters. The molecule has 3 heteroatoms. The van der Waals surface area contributed by atoms with E-state index in [1.807, 2.05) is 0 Å². The van der Waals surface area contributed by atoms with Crippen LogP contribution < -0.4 is 5.32 Å². The smallest absolute Gasteiger partial charge is 0.0599 e. The number of nitrogens with zero attached hydrogens (tertiary/aromatic N) is 1. The van der Waals surface area contributed by atoms with Crippen LogP contribution in [0, 0.1) is 0 Å². The number of rotatable bonds is 2. The molecular formula is C7H16N2O. The second-order valence-electron chi connectivity index (χ2n) is 2.67. The van der Waals surface area contributed by atoms with Crippen LogP contribution >= 0.6 is 0 Å². The molecule has 0 spiro atoms. The van der Waals surface area contributed by atoms with Crippen molar-refractivity contribution in [2.24, 2.45) is 0 Å². The van der Waals surface area contributed by atoms with E-state index in [9.17, 15) is 0 Å². The molecule has 1 aliphatic heterocycles. The van der Waals surface area contributed by atoms with Gasteiger partial charge in [-0.2, -0.15) is 0 Å². The Labute approximate surface area is 62.0 Å². The Morgan fingerprint density at radius 2 is 2.50 bits per heavy atom. The van der Waals surface area contributed by atoms with Gasteiger partial charge in [0.25, 0.3) is 0 Å². The van der Waals surface area contributed by atoms with Crippen molar-refractivity contribution in [1.82, 2.24) is 10.2 Å². The highest BCUT2D eigenvalue weighted by Crippen LogP contribution is 2.00. The van der Waals surface area contributed by atoms with Gasteiger partial charge in [0.2, 0.25) is 0 Å². The first-order valence-corrected chi connectivity index (χ1v) is 3.94. The summed E-state index contributed by atoms with van der Waals surface area (Å²) < 4.78 is 0. The predicted octanol–water partition coefficient (Wildman–Crippen LogP) is -0.728. The zero-order valence-corrected chi connectivity index (χ0v) is 6.51. The van der Waals surface area contributed by atoms with Gasteiger partial charge in [-0.05, 0) is 6.54 Å². The van der Waals surface area contributed by atoms with Crippen LogP contribution in [0.15, 0.2) is 0 Å². The number of aliphatic hydroxyl groups is 1. The summed E-state index contributed by atoms with van der Waals surface area (Å²) in [5, 5.41) is 12.2. The second kappa shape index (κ2) is 3.91. The molecule has 1 aliphatic rings. The largest absolute Gasteiger partial charge is 0.395 e. The first-order valence-electron chi connectivity index (χ1n) is 3.94. The fourth-order valence-corrected chi connectivity index (χ4v) is 1.40. The van der Waals surface area contributed by atoms with E-state index in [1.54, 1.807) is 0 Å². The number of hydrogen-bond donors (Lipinski definition) is 2. The maximum Gasteiger partial charge on any atom is 0.0599 e. The maximum atomic E-state index is 8.91. The Kier molecular flexibility index (Phi) is 3.12. The average Bonchev–Trinajstić information content (AvgIpc) is 2.04. The van der Waals surface area contributed by atoms with Gasteiger partial charge < -0.3 is 10.4 Å². The van der Waals surface area contributed by atoms with Crippen molar-refractivity contribution in [2.45, 2.75) is 13.0 Å². The molecule has 0 saturated carbocycles. The van der Waals surface area contributed by atoms with Crippen LogP contribution in [0.1, 0.15) is 6.92 Å². The second-order valence-corrected chi connectivity index (χ2v) is 2.67. The van der Waals surface area contributed by atoms with Crippen LogP contribution in [0.2, 0.25) is 0 Å². The van der Waals surface area contributed by atoms with E-state index in [1.165, 1.54) is 0 Å². The normalized spacial score (nSPS) is 28.8. The summed E-state index contributed by atoms with van der Waals surface area (Å²) in [4.78, 5) is 2.30. The quantitative estimate of drug-likeness (QED) is 0.536. The van der Waals surface area contributed by atoms with Crippen molar-refractivity contribution in [1.29, 1.82) is 0 Å². The van der Waals surface area contributed by atoms with Gasteiger partial charge in [0.05, 0.1) is 6.61 Å². The molecule has 0 aromatic heterocycles. The van der Waals surface area contributed by atoms with E-state index >= 15 is 0 Å². The number of piperazine rings is 1. The van der Waals surface area contributed by atoms with Crippen LogP contribution in [0.25, 0.3) is 0 Å². The van der Waals surface area contributed by atoms with Gasteiger partial charge in [0, 0.05) is 25.7 Å². The lowest BCUT2D eigenvalue weighted by Crippen LogP contribution is -2.52. The van der Waals surface area contributed by atoms with Crippen LogP contribution in [-0.4, -0.2) is 48.8 Å². The van der Waals surface area contributed by atoms with Gasteiger partial charge >= 0.3 is 0 Å². The lowest BCUT2D eigenvalue weighted by Gasteiger charge is -2.33. The SMILES string of the molecule is CCN1CCNCC1CO. The Morgan fingerprint density at radius 3 is 3.00 bits per heavy atom. The third-order valence-electron chi connectivity index (χ3n) is 2.09. The van der Waals surface area contributed by atoms with E-state index in [4.69, 9.17) is 5.11 Å². The molecular weight excluding hydrogens is 128 g/mol. The van der Waals surface area contributed by atoms with Crippen molar-refractivity contribution in [3.8, 4) is 0 Å². The Balaban J connectivity index is 2.34. The Hall–Kier alpha value is -0.120. The Bertz CT molecular complexity index is 85.6. The summed E-state index contributed by atoms with van der Waals surface area (Å²) in [5.74, 6) is 0. The van der Waals surface area contributed by atoms with Crippen LogP contribution in [0.4, 0.5) is 0 Å². The van der Waals surface area contributed by atoms with E-state index in [-0.39, 0.29) is 6.61 Å². The topological polar surface area (TPSA) is 35.5 Å². The number of hydrogen-bond acceptors (Lipinski definition) is 3. The molecule has 1 rings (SSSR count). The lowest BCUT2D eigenvalue weighted by atomic mass is 10.2. The fourth-order valence-electron chi connectivity index (χ4n) is 1.40. The van der Waals surface area contributed by atoms with Crippen molar-refractivity contribution in [3.05, 3.63) is 0 Å². The minimum absolute atomic E-state index is 0.279. The molecule has 0 aromatic rings. The third-order valence-corrected chi connectivity index (χ3v) is 2.09. The summed E-state index contributed by atoms with van der Waals surface area (Å²) in [6.07, 6.45) is 0. The van der Waals surface area contributed by atoms with Gasteiger partial charge in [0.15, 0.2) is 0 Å². The Morgan fingerprint density at radius 1 is 1.70 bits per heavy atom. The zero-order chi connectivity index (χ0) is 7.40. The molecule has 1 saturated heterocycles. The third kappa shape index (κ3) is 1.68. The van der Waals surface area contributed by atoms with Crippen LogP contribution in [0.3, 0.4) is 0 Å². The molecule has 0 aliphatic carbocycles. The van der Waals surface area contributed by atoms with Crippen LogP contribution in [0.5, 0.6) is 0 Å². The zero-order valence-electron chi connectivity index (χ0n) is 6.51. The van der Waals surface area contributed by atoms with Gasteiger partial charge in [0.1, 0.15) is 0 Å². The monoisotopic (exact) mass is 144 g/mol. The molecule has 0 bridgehead atoms. The fraction of sp³-hybridized carbons (Fsp3) is 1.00. The summed E-state index contributed by atoms with van der Waals surface area (Å²) in [7, 11) is 0. The van der Waals surface area contributed by atoms with Crippen molar-refractivity contribution < 1.29 is 5.11 Å². The first-order chi connectivity index (χ1) is 4.88. The minimum atomic E-state index is 0.279. The maximum absolute atomic E-state index is 8.91. The standard InChI is InChI=1S/C7H16N2O/c1-2-9-4-3-8-5-7(9)6-10/h7-8,10H,2-6H2,1H3. The van der Waals surface area contributed by atoms with Gasteiger partial charge in [-0.15, -0.1) is 0 Å². The molecule has 1 heterocycles. The van der Waals surface area contributed by atoms with E-state index in [2.05, 4.69) is 17.1 Å². The highest BCUT2D eigenvalue weighted by Gasteiger charge is 2.18. The van der Waals surface area contributed by atoms with Crippen molar-refractivity contribution >= 4 is 0 Å². The molecule has 3 nitrogen and oxygen atoms in total. The molecule has 1 fully saturated rings. The molecule has 10 heavy (non-hydrogen) atoms.